The summed E-state index contributed by atoms with van der Waals surface area (Å²) in [6, 6.07) is 3.58. The summed E-state index contributed by atoms with van der Waals surface area (Å²) in [5, 5.41) is 14.4. The van der Waals surface area contributed by atoms with E-state index >= 15 is 0 Å². The lowest BCUT2D eigenvalue weighted by Crippen LogP contribution is -2.02. The van der Waals surface area contributed by atoms with Crippen LogP contribution in [-0.4, -0.2) is 23.1 Å². The maximum Gasteiger partial charge on any atom is 0.410 e. The molecule has 0 bridgehead atoms. The fourth-order valence-corrected chi connectivity index (χ4v) is 2.73. The van der Waals surface area contributed by atoms with E-state index in [1.165, 1.54) is 6.07 Å². The normalized spacial score (nSPS) is 11.6. The number of aromatic nitrogens is 2. The standard InChI is InChI=1S/C10H6Cl2FN3O4S/c11-8-3-7(13)2-1-6(8)4-15-5-9(21(12,19)20)10(14-15)16(17)18/h1-3,5H,4H2. The SMILES string of the molecule is O=[N+]([O-])c1nn(Cc2ccc(F)cc2Cl)cc1S(=O)(=O)Cl. The quantitative estimate of drug-likeness (QED) is 0.478. The van der Waals surface area contributed by atoms with Gasteiger partial charge >= 0.3 is 5.82 Å². The number of hydrogen-bond acceptors (Lipinski definition) is 5. The maximum atomic E-state index is 12.9. The summed E-state index contributed by atoms with van der Waals surface area (Å²) in [5.74, 6) is -1.43. The van der Waals surface area contributed by atoms with Crippen molar-refractivity contribution in [2.24, 2.45) is 0 Å². The van der Waals surface area contributed by atoms with Crippen LogP contribution in [0.1, 0.15) is 5.56 Å². The van der Waals surface area contributed by atoms with Gasteiger partial charge < -0.3 is 10.1 Å². The lowest BCUT2D eigenvalue weighted by molar-refractivity contribution is -0.392. The molecule has 0 atom stereocenters. The molecule has 0 radical (unpaired) electrons. The Kier molecular flexibility index (Phi) is 4.17. The number of rotatable bonds is 4. The Balaban J connectivity index is 2.44. The number of hydrogen-bond donors (Lipinski definition) is 0. The molecule has 2 aromatic rings. The van der Waals surface area contributed by atoms with Crippen molar-refractivity contribution >= 4 is 37.2 Å². The Labute approximate surface area is 127 Å². The lowest BCUT2D eigenvalue weighted by Gasteiger charge is -2.01. The number of nitro groups is 1. The van der Waals surface area contributed by atoms with Gasteiger partial charge in [0.2, 0.25) is 4.90 Å². The molecule has 112 valence electrons. The molecule has 0 saturated heterocycles. The zero-order valence-electron chi connectivity index (χ0n) is 10.0. The first-order valence-electron chi connectivity index (χ1n) is 5.29. The third-order valence-corrected chi connectivity index (χ3v) is 4.16. The van der Waals surface area contributed by atoms with Crippen molar-refractivity contribution in [3.8, 4) is 0 Å². The molecule has 0 aliphatic rings. The minimum atomic E-state index is -4.31. The average molecular weight is 354 g/mol. The Morgan fingerprint density at radius 2 is 2.10 bits per heavy atom. The van der Waals surface area contributed by atoms with Gasteiger partial charge in [-0.15, -0.1) is 0 Å². The van der Waals surface area contributed by atoms with E-state index in [1.54, 1.807) is 0 Å². The average Bonchev–Trinajstić information content (AvgIpc) is 2.77. The van der Waals surface area contributed by atoms with Crippen molar-refractivity contribution in [1.29, 1.82) is 0 Å². The van der Waals surface area contributed by atoms with Crippen molar-refractivity contribution in [3.63, 3.8) is 0 Å². The van der Waals surface area contributed by atoms with Gasteiger partial charge in [-0.25, -0.2) is 12.8 Å². The highest BCUT2D eigenvalue weighted by atomic mass is 35.7. The van der Waals surface area contributed by atoms with Crippen LogP contribution in [0.5, 0.6) is 0 Å². The highest BCUT2D eigenvalue weighted by Gasteiger charge is 2.30. The molecule has 0 aliphatic carbocycles. The number of halogens is 3. The van der Waals surface area contributed by atoms with Crippen LogP contribution >= 0.6 is 22.3 Å². The van der Waals surface area contributed by atoms with E-state index in [9.17, 15) is 22.9 Å². The first-order chi connectivity index (χ1) is 9.68. The molecule has 0 aliphatic heterocycles. The van der Waals surface area contributed by atoms with Gasteiger partial charge in [0.25, 0.3) is 9.05 Å². The molecule has 0 amide bonds. The predicted octanol–water partition coefficient (Wildman–Crippen LogP) is 2.56. The van der Waals surface area contributed by atoms with Crippen LogP contribution in [0.3, 0.4) is 0 Å². The van der Waals surface area contributed by atoms with Crippen LogP contribution in [0.15, 0.2) is 29.3 Å². The molecule has 1 aromatic carbocycles. The largest absolute Gasteiger partial charge is 0.410 e. The number of nitrogens with zero attached hydrogens (tertiary/aromatic N) is 3. The predicted molar refractivity (Wildman–Crippen MR) is 72.4 cm³/mol. The van der Waals surface area contributed by atoms with Gasteiger partial charge in [0, 0.05) is 15.7 Å². The van der Waals surface area contributed by atoms with Gasteiger partial charge in [-0.2, -0.15) is 4.68 Å². The monoisotopic (exact) mass is 353 g/mol. The lowest BCUT2D eigenvalue weighted by atomic mass is 10.2. The maximum absolute atomic E-state index is 12.9. The van der Waals surface area contributed by atoms with E-state index in [1.807, 2.05) is 0 Å². The minimum absolute atomic E-state index is 0.0770. The van der Waals surface area contributed by atoms with E-state index in [0.717, 1.165) is 23.0 Å². The van der Waals surface area contributed by atoms with Gasteiger partial charge in [0.05, 0.1) is 17.8 Å². The second-order valence-corrected chi connectivity index (χ2v) is 6.89. The molecule has 0 saturated carbocycles. The fourth-order valence-electron chi connectivity index (χ4n) is 1.60. The summed E-state index contributed by atoms with van der Waals surface area (Å²) in [6.07, 6.45) is 0.917. The second-order valence-electron chi connectivity index (χ2n) is 3.95. The molecule has 1 aromatic heterocycles. The molecule has 1 heterocycles. The van der Waals surface area contributed by atoms with Crippen molar-refractivity contribution in [2.45, 2.75) is 11.4 Å². The summed E-state index contributed by atoms with van der Waals surface area (Å²) in [7, 11) is 0.802. The van der Waals surface area contributed by atoms with E-state index in [-0.39, 0.29) is 11.6 Å². The molecular weight excluding hydrogens is 348 g/mol. The summed E-state index contributed by atoms with van der Waals surface area (Å²) in [4.78, 5) is 9.10. The van der Waals surface area contributed by atoms with Crippen LogP contribution in [0.2, 0.25) is 5.02 Å². The minimum Gasteiger partial charge on any atom is -0.358 e. The number of benzene rings is 1. The van der Waals surface area contributed by atoms with Crippen LogP contribution < -0.4 is 0 Å². The fraction of sp³-hybridized carbons (Fsp3) is 0.100. The van der Waals surface area contributed by atoms with E-state index in [4.69, 9.17) is 22.3 Å². The summed E-state index contributed by atoms with van der Waals surface area (Å²) >= 11 is 5.82. The molecule has 0 fully saturated rings. The van der Waals surface area contributed by atoms with Crippen LogP contribution in [-0.2, 0) is 15.6 Å². The molecule has 2 rings (SSSR count). The Bertz CT molecular complexity index is 822. The molecule has 0 N–H and O–H groups in total. The highest BCUT2D eigenvalue weighted by molar-refractivity contribution is 8.13. The zero-order chi connectivity index (χ0) is 15.8. The summed E-state index contributed by atoms with van der Waals surface area (Å²) < 4.78 is 36.5. The molecule has 0 spiro atoms. The van der Waals surface area contributed by atoms with Gasteiger partial charge in [-0.05, 0) is 22.6 Å². The van der Waals surface area contributed by atoms with Gasteiger partial charge in [-0.1, -0.05) is 17.7 Å². The topological polar surface area (TPSA) is 95.1 Å². The third kappa shape index (κ3) is 3.49. The Morgan fingerprint density at radius 3 is 2.57 bits per heavy atom. The van der Waals surface area contributed by atoms with Crippen molar-refractivity contribution < 1.29 is 17.7 Å². The first-order valence-corrected chi connectivity index (χ1v) is 7.97. The molecular formula is C10H6Cl2FN3O4S. The van der Waals surface area contributed by atoms with Crippen LogP contribution in [0.25, 0.3) is 0 Å². The van der Waals surface area contributed by atoms with Crippen molar-refractivity contribution in [2.75, 3.05) is 0 Å². The third-order valence-electron chi connectivity index (χ3n) is 2.49. The smallest absolute Gasteiger partial charge is 0.358 e. The van der Waals surface area contributed by atoms with Gasteiger partial charge in [-0.3, -0.25) is 0 Å². The highest BCUT2D eigenvalue weighted by Crippen LogP contribution is 2.26. The van der Waals surface area contributed by atoms with Crippen LogP contribution in [0.4, 0.5) is 10.2 Å². The Hall–Kier alpha value is -1.71. The zero-order valence-corrected chi connectivity index (χ0v) is 12.4. The Morgan fingerprint density at radius 1 is 1.43 bits per heavy atom. The van der Waals surface area contributed by atoms with E-state index < -0.39 is 30.5 Å². The summed E-state index contributed by atoms with van der Waals surface area (Å²) in [6.45, 7) is -0.0770. The molecule has 11 heteroatoms. The van der Waals surface area contributed by atoms with Gasteiger partial charge in [0.1, 0.15) is 5.82 Å². The van der Waals surface area contributed by atoms with Crippen molar-refractivity contribution in [1.82, 2.24) is 9.78 Å². The first kappa shape index (κ1) is 15.7. The van der Waals surface area contributed by atoms with E-state index in [0.29, 0.717) is 5.56 Å². The van der Waals surface area contributed by atoms with E-state index in [2.05, 4.69) is 5.10 Å². The molecule has 7 nitrogen and oxygen atoms in total. The van der Waals surface area contributed by atoms with Crippen molar-refractivity contribution in [3.05, 3.63) is 50.9 Å². The van der Waals surface area contributed by atoms with Gasteiger partial charge in [0.15, 0.2) is 0 Å². The molecule has 0 unspecified atom stereocenters. The second kappa shape index (κ2) is 5.58. The molecule has 21 heavy (non-hydrogen) atoms. The summed E-state index contributed by atoms with van der Waals surface area (Å²) in [5.41, 5.74) is 0.411. The van der Waals surface area contributed by atoms with Crippen LogP contribution in [0, 0.1) is 15.9 Å².